The molecule has 0 amide bonds. The van der Waals surface area contributed by atoms with Crippen molar-refractivity contribution in [3.63, 3.8) is 0 Å². The van der Waals surface area contributed by atoms with E-state index in [0.29, 0.717) is 17.6 Å². The van der Waals surface area contributed by atoms with Gasteiger partial charge in [0.05, 0.1) is 11.6 Å². The maximum absolute atomic E-state index is 9.29. The number of nitriles is 1. The van der Waals surface area contributed by atoms with Crippen LogP contribution in [-0.2, 0) is 5.41 Å². The molecule has 2 aliphatic heterocycles. The zero-order valence-corrected chi connectivity index (χ0v) is 17.6. The van der Waals surface area contributed by atoms with Crippen LogP contribution in [0.25, 0.3) is 0 Å². The highest BCUT2D eigenvalue weighted by atomic mass is 35.5. The van der Waals surface area contributed by atoms with E-state index in [1.807, 2.05) is 6.07 Å². The lowest BCUT2D eigenvalue weighted by molar-refractivity contribution is 0.265. The van der Waals surface area contributed by atoms with E-state index in [9.17, 15) is 5.26 Å². The van der Waals surface area contributed by atoms with Crippen molar-refractivity contribution in [3.05, 3.63) is 35.8 Å². The summed E-state index contributed by atoms with van der Waals surface area (Å²) >= 11 is 0. The summed E-state index contributed by atoms with van der Waals surface area (Å²) in [6.07, 6.45) is 6.95. The molecule has 1 N–H and O–H groups in total. The molecule has 0 aromatic carbocycles. The highest BCUT2D eigenvalue weighted by Gasteiger charge is 2.51. The van der Waals surface area contributed by atoms with Crippen LogP contribution in [0.5, 0.6) is 0 Å². The molecule has 1 saturated carbocycles. The molecular weight excluding hydrogens is 386 g/mol. The van der Waals surface area contributed by atoms with Gasteiger partial charge in [-0.1, -0.05) is 6.42 Å². The Hall–Kier alpha value is -2.43. The number of aromatic nitrogens is 3. The Morgan fingerprint density at radius 3 is 2.72 bits per heavy atom. The molecule has 0 radical (unpaired) electrons. The maximum atomic E-state index is 9.29. The van der Waals surface area contributed by atoms with Crippen LogP contribution in [-0.4, -0.2) is 46.7 Å². The van der Waals surface area contributed by atoms with E-state index < -0.39 is 0 Å². The van der Waals surface area contributed by atoms with Gasteiger partial charge in [-0.3, -0.25) is 0 Å². The number of nitrogens with zero attached hydrogens (tertiary/aromatic N) is 6. The number of fused-ring (bicyclic) bond motifs is 2. The topological polar surface area (TPSA) is 81.0 Å². The van der Waals surface area contributed by atoms with Gasteiger partial charge in [0.1, 0.15) is 23.8 Å². The summed E-state index contributed by atoms with van der Waals surface area (Å²) in [6.45, 7) is 7.26. The van der Waals surface area contributed by atoms with Crippen molar-refractivity contribution in [2.24, 2.45) is 0 Å². The third-order valence-corrected chi connectivity index (χ3v) is 6.55. The molecule has 29 heavy (non-hydrogen) atoms. The molecule has 2 atom stereocenters. The predicted molar refractivity (Wildman–Crippen MR) is 115 cm³/mol. The number of pyridine rings is 1. The minimum Gasteiger partial charge on any atom is -0.351 e. The van der Waals surface area contributed by atoms with Gasteiger partial charge >= 0.3 is 0 Å². The van der Waals surface area contributed by atoms with Crippen molar-refractivity contribution in [1.82, 2.24) is 20.3 Å². The molecule has 2 fully saturated rings. The third-order valence-electron chi connectivity index (χ3n) is 6.55. The first-order chi connectivity index (χ1) is 13.6. The van der Waals surface area contributed by atoms with Crippen LogP contribution in [0, 0.1) is 11.3 Å². The van der Waals surface area contributed by atoms with Crippen LogP contribution in [0.15, 0.2) is 24.7 Å². The summed E-state index contributed by atoms with van der Waals surface area (Å²) in [5, 5.41) is 12.9. The maximum Gasteiger partial charge on any atom is 0.143 e. The second-order valence-corrected chi connectivity index (χ2v) is 8.44. The third kappa shape index (κ3) is 3.11. The summed E-state index contributed by atoms with van der Waals surface area (Å²) in [5.41, 5.74) is 2.01. The van der Waals surface area contributed by atoms with Crippen molar-refractivity contribution in [1.29, 1.82) is 5.26 Å². The Morgan fingerprint density at radius 1 is 1.21 bits per heavy atom. The fourth-order valence-electron chi connectivity index (χ4n) is 4.87. The lowest BCUT2D eigenvalue weighted by Crippen LogP contribution is -2.55. The van der Waals surface area contributed by atoms with Gasteiger partial charge in [-0.2, -0.15) is 5.26 Å². The number of hydrogen-bond acceptors (Lipinski definition) is 7. The summed E-state index contributed by atoms with van der Waals surface area (Å²) in [4.78, 5) is 18.7. The molecule has 152 valence electrons. The number of piperazine rings is 1. The quantitative estimate of drug-likeness (QED) is 0.813. The first-order valence-corrected chi connectivity index (χ1v) is 10.1. The highest BCUT2D eigenvalue weighted by molar-refractivity contribution is 5.85. The summed E-state index contributed by atoms with van der Waals surface area (Å²) in [6, 6.07) is 6.65. The molecule has 5 rings (SSSR count). The molecule has 4 heterocycles. The number of nitrogens with one attached hydrogen (secondary N) is 1. The average molecular weight is 412 g/mol. The minimum absolute atomic E-state index is 0. The van der Waals surface area contributed by atoms with Gasteiger partial charge in [-0.25, -0.2) is 15.0 Å². The van der Waals surface area contributed by atoms with Gasteiger partial charge < -0.3 is 15.1 Å². The van der Waals surface area contributed by atoms with Crippen LogP contribution in [0.2, 0.25) is 0 Å². The number of halogens is 1. The zero-order valence-electron chi connectivity index (χ0n) is 16.8. The van der Waals surface area contributed by atoms with Gasteiger partial charge in [-0.15, -0.1) is 12.4 Å². The van der Waals surface area contributed by atoms with E-state index in [0.717, 1.165) is 49.9 Å². The van der Waals surface area contributed by atoms with Crippen molar-refractivity contribution in [3.8, 4) is 6.07 Å². The molecule has 1 aliphatic carbocycles. The smallest absolute Gasteiger partial charge is 0.143 e. The zero-order chi connectivity index (χ0) is 19.3. The molecule has 1 saturated heterocycles. The van der Waals surface area contributed by atoms with Crippen molar-refractivity contribution in [2.45, 2.75) is 50.6 Å². The lowest BCUT2D eigenvalue weighted by atomic mass is 9.66. The standard InChI is InChI=1S/C21H25N7.ClH/c1-14-11-27(15(2)10-24-14)19-18-20(26-13-25-19)28(12-21(18)5-3-6-21)17-8-16(9-22)4-7-23-17;/h4,7-8,13-15,24H,3,5-6,10-12H2,1-2H3;1H/t14-,15+;/m1./s1. The Morgan fingerprint density at radius 2 is 2.00 bits per heavy atom. The summed E-state index contributed by atoms with van der Waals surface area (Å²) < 4.78 is 0. The monoisotopic (exact) mass is 411 g/mol. The van der Waals surface area contributed by atoms with E-state index >= 15 is 0 Å². The molecule has 2 aromatic heterocycles. The van der Waals surface area contributed by atoms with Crippen LogP contribution >= 0.6 is 12.4 Å². The van der Waals surface area contributed by atoms with Crippen LogP contribution in [0.4, 0.5) is 17.5 Å². The molecule has 1 spiro atoms. The fraction of sp³-hybridized carbons (Fsp3) is 0.524. The van der Waals surface area contributed by atoms with E-state index in [2.05, 4.69) is 40.0 Å². The molecule has 0 bridgehead atoms. The first-order valence-electron chi connectivity index (χ1n) is 10.1. The van der Waals surface area contributed by atoms with Crippen LogP contribution in [0.1, 0.15) is 44.2 Å². The van der Waals surface area contributed by atoms with Gasteiger partial charge in [0.2, 0.25) is 0 Å². The van der Waals surface area contributed by atoms with Crippen molar-refractivity contribution >= 4 is 29.9 Å². The number of hydrogen-bond donors (Lipinski definition) is 1. The van der Waals surface area contributed by atoms with Gasteiger partial charge in [0, 0.05) is 48.9 Å². The van der Waals surface area contributed by atoms with Gasteiger partial charge in [0.15, 0.2) is 0 Å². The summed E-state index contributed by atoms with van der Waals surface area (Å²) in [5.74, 6) is 2.85. The second-order valence-electron chi connectivity index (χ2n) is 8.44. The van der Waals surface area contributed by atoms with Crippen LogP contribution in [0.3, 0.4) is 0 Å². The molecule has 0 unspecified atom stereocenters. The first kappa shape index (κ1) is 19.9. The Balaban J connectivity index is 0.00000205. The molecule has 2 aromatic rings. The molecule has 8 heteroatoms. The molecular formula is C21H26ClN7. The molecule has 7 nitrogen and oxygen atoms in total. The Kier molecular flexibility index (Phi) is 5.09. The van der Waals surface area contributed by atoms with E-state index in [1.165, 1.54) is 12.0 Å². The second kappa shape index (κ2) is 7.43. The lowest BCUT2D eigenvalue weighted by Gasteiger charge is -2.43. The SMILES string of the molecule is C[C@@H]1CN(c2ncnc3c2C2(CCC2)CN3c2cc(C#N)ccn2)[C@@H](C)CN1.Cl. The van der Waals surface area contributed by atoms with E-state index in [-0.39, 0.29) is 17.8 Å². The fourth-order valence-corrected chi connectivity index (χ4v) is 4.87. The number of rotatable bonds is 2. The normalized spacial score (nSPS) is 24.4. The van der Waals surface area contributed by atoms with Crippen molar-refractivity contribution < 1.29 is 0 Å². The Labute approximate surface area is 177 Å². The molecule has 3 aliphatic rings. The predicted octanol–water partition coefficient (Wildman–Crippen LogP) is 2.93. The highest BCUT2D eigenvalue weighted by Crippen LogP contribution is 2.56. The van der Waals surface area contributed by atoms with Gasteiger partial charge in [0.25, 0.3) is 0 Å². The average Bonchev–Trinajstić information content (AvgIpc) is 3.06. The Bertz CT molecular complexity index is 952. The van der Waals surface area contributed by atoms with Crippen LogP contribution < -0.4 is 15.1 Å². The summed E-state index contributed by atoms with van der Waals surface area (Å²) in [7, 11) is 0. The minimum atomic E-state index is 0. The number of anilines is 3. The van der Waals surface area contributed by atoms with E-state index in [1.54, 1.807) is 18.6 Å². The van der Waals surface area contributed by atoms with Gasteiger partial charge in [-0.05, 0) is 38.8 Å². The largest absolute Gasteiger partial charge is 0.351 e. The van der Waals surface area contributed by atoms with Crippen molar-refractivity contribution in [2.75, 3.05) is 29.4 Å². The van der Waals surface area contributed by atoms with E-state index in [4.69, 9.17) is 9.97 Å².